The molecule has 1 unspecified atom stereocenters. The quantitative estimate of drug-likeness (QED) is 0.274. The number of pyridine rings is 1. The van der Waals surface area contributed by atoms with Gasteiger partial charge in [0, 0.05) is 17.1 Å². The molecule has 3 fully saturated rings. The van der Waals surface area contributed by atoms with Gasteiger partial charge in [-0.3, -0.25) is 14.9 Å². The summed E-state index contributed by atoms with van der Waals surface area (Å²) in [6.07, 6.45) is -3.50. The van der Waals surface area contributed by atoms with Crippen LogP contribution in [0.5, 0.6) is 11.5 Å². The number of benzene rings is 1. The SMILES string of the molecule is O=C(COc1ccc(Cl)c(F)c1)NC12CC(NC(O)CNC(=O)c3ccc(OC(F)(F)F)cn3)(C1)C2. The molecule has 0 aliphatic heterocycles. The lowest BCUT2D eigenvalue weighted by atomic mass is 9.44. The van der Waals surface area contributed by atoms with Crippen LogP contribution in [0.15, 0.2) is 36.5 Å². The molecule has 1 aromatic heterocycles. The van der Waals surface area contributed by atoms with Crippen LogP contribution >= 0.6 is 11.6 Å². The fraction of sp³-hybridized carbons (Fsp3) is 0.409. The summed E-state index contributed by atoms with van der Waals surface area (Å²) < 4.78 is 59.0. The molecule has 36 heavy (non-hydrogen) atoms. The summed E-state index contributed by atoms with van der Waals surface area (Å²) in [5.41, 5.74) is -0.939. The summed E-state index contributed by atoms with van der Waals surface area (Å²) >= 11 is 5.60. The van der Waals surface area contributed by atoms with Gasteiger partial charge in [0.15, 0.2) is 6.61 Å². The van der Waals surface area contributed by atoms with E-state index in [0.717, 1.165) is 24.4 Å². The number of aliphatic hydroxyl groups excluding tert-OH is 1. The molecule has 0 spiro atoms. The largest absolute Gasteiger partial charge is 0.573 e. The highest BCUT2D eigenvalue weighted by Crippen LogP contribution is 2.60. The Labute approximate surface area is 207 Å². The lowest BCUT2D eigenvalue weighted by Crippen LogP contribution is -2.84. The minimum absolute atomic E-state index is 0.0505. The average Bonchev–Trinajstić information content (AvgIpc) is 2.75. The lowest BCUT2D eigenvalue weighted by molar-refractivity contribution is -0.274. The molecule has 5 rings (SSSR count). The van der Waals surface area contributed by atoms with Gasteiger partial charge in [0.25, 0.3) is 11.8 Å². The molecule has 1 atom stereocenters. The molecule has 0 saturated heterocycles. The Kier molecular flexibility index (Phi) is 6.99. The highest BCUT2D eigenvalue weighted by molar-refractivity contribution is 6.30. The molecule has 2 amide bonds. The van der Waals surface area contributed by atoms with Crippen molar-refractivity contribution in [2.75, 3.05) is 13.2 Å². The fourth-order valence-electron chi connectivity index (χ4n) is 4.51. The zero-order chi connectivity index (χ0) is 26.1. The van der Waals surface area contributed by atoms with E-state index < -0.39 is 35.6 Å². The van der Waals surface area contributed by atoms with Gasteiger partial charge < -0.3 is 25.2 Å². The minimum atomic E-state index is -4.87. The molecule has 14 heteroatoms. The van der Waals surface area contributed by atoms with Crippen LogP contribution in [-0.4, -0.2) is 58.7 Å². The zero-order valence-electron chi connectivity index (χ0n) is 18.5. The van der Waals surface area contributed by atoms with Crippen molar-refractivity contribution >= 4 is 23.4 Å². The van der Waals surface area contributed by atoms with Crippen LogP contribution in [0.3, 0.4) is 0 Å². The van der Waals surface area contributed by atoms with E-state index in [2.05, 4.69) is 25.7 Å². The number of nitrogens with zero attached hydrogens (tertiary/aromatic N) is 1. The number of alkyl halides is 3. The predicted molar refractivity (Wildman–Crippen MR) is 117 cm³/mol. The molecular formula is C22H21ClF4N4O5. The molecule has 3 aliphatic rings. The highest BCUT2D eigenvalue weighted by Gasteiger charge is 2.68. The first-order valence-corrected chi connectivity index (χ1v) is 11.1. The smallest absolute Gasteiger partial charge is 0.484 e. The Morgan fingerprint density at radius 2 is 1.83 bits per heavy atom. The Bertz CT molecular complexity index is 1130. The maximum absolute atomic E-state index is 13.4. The summed E-state index contributed by atoms with van der Waals surface area (Å²) in [7, 11) is 0. The number of carbonyl (C=O) groups is 2. The second-order valence-corrected chi connectivity index (χ2v) is 9.21. The summed E-state index contributed by atoms with van der Waals surface area (Å²) in [6, 6.07) is 5.89. The number of nitrogens with one attached hydrogen (secondary N) is 3. The summed E-state index contributed by atoms with van der Waals surface area (Å²) in [4.78, 5) is 27.9. The van der Waals surface area contributed by atoms with Crippen molar-refractivity contribution in [1.82, 2.24) is 20.9 Å². The van der Waals surface area contributed by atoms with Crippen LogP contribution in [0.4, 0.5) is 17.6 Å². The summed E-state index contributed by atoms with van der Waals surface area (Å²) in [5, 5.41) is 18.5. The molecule has 0 radical (unpaired) electrons. The number of rotatable bonds is 10. The number of halogens is 5. The van der Waals surface area contributed by atoms with E-state index in [4.69, 9.17) is 16.3 Å². The fourth-order valence-corrected chi connectivity index (χ4v) is 4.63. The van der Waals surface area contributed by atoms with E-state index in [1.807, 2.05) is 0 Å². The molecule has 9 nitrogen and oxygen atoms in total. The Hall–Kier alpha value is -3.16. The third-order valence-electron chi connectivity index (χ3n) is 5.83. The van der Waals surface area contributed by atoms with Crippen molar-refractivity contribution in [2.24, 2.45) is 0 Å². The lowest BCUT2D eigenvalue weighted by Gasteiger charge is -2.71. The molecule has 2 aromatic rings. The van der Waals surface area contributed by atoms with Crippen molar-refractivity contribution < 1.29 is 41.7 Å². The van der Waals surface area contributed by atoms with Crippen LogP contribution in [0, 0.1) is 5.82 Å². The van der Waals surface area contributed by atoms with Gasteiger partial charge in [0.2, 0.25) is 0 Å². The molecule has 3 aliphatic carbocycles. The van der Waals surface area contributed by atoms with Crippen molar-refractivity contribution in [2.45, 2.75) is 42.9 Å². The Morgan fingerprint density at radius 3 is 2.44 bits per heavy atom. The van der Waals surface area contributed by atoms with Crippen molar-refractivity contribution in [1.29, 1.82) is 0 Å². The molecule has 4 N–H and O–H groups in total. The van der Waals surface area contributed by atoms with Gasteiger partial charge in [-0.15, -0.1) is 13.2 Å². The van der Waals surface area contributed by atoms with Gasteiger partial charge >= 0.3 is 6.36 Å². The van der Waals surface area contributed by atoms with E-state index in [9.17, 15) is 32.3 Å². The van der Waals surface area contributed by atoms with E-state index in [1.54, 1.807) is 0 Å². The number of hydrogen-bond donors (Lipinski definition) is 4. The first kappa shape index (κ1) is 25.9. The van der Waals surface area contributed by atoms with Gasteiger partial charge in [0.1, 0.15) is 29.2 Å². The third kappa shape index (κ3) is 6.15. The van der Waals surface area contributed by atoms with Gasteiger partial charge in [-0.05, 0) is 43.5 Å². The van der Waals surface area contributed by atoms with Crippen LogP contribution < -0.4 is 25.4 Å². The molecular weight excluding hydrogens is 512 g/mol. The standard InChI is InChI=1S/C22H21ClF4N4O5/c23-14-3-1-12(5-15(14)24)35-8-18(33)31-21-9-20(10-21,11-21)30-17(32)7-29-19(34)16-4-2-13(6-28-16)36-22(25,26)27/h1-6,17,30,32H,7-11H2,(H,29,34)(H,31,33). The second kappa shape index (κ2) is 9.71. The summed E-state index contributed by atoms with van der Waals surface area (Å²) in [6.45, 7) is -0.469. The van der Waals surface area contributed by atoms with Gasteiger partial charge in [-0.1, -0.05) is 11.6 Å². The van der Waals surface area contributed by atoms with Crippen molar-refractivity contribution in [3.8, 4) is 11.5 Å². The van der Waals surface area contributed by atoms with E-state index in [-0.39, 0.29) is 41.1 Å². The minimum Gasteiger partial charge on any atom is -0.484 e. The predicted octanol–water partition coefficient (Wildman–Crippen LogP) is 2.28. The third-order valence-corrected chi connectivity index (χ3v) is 6.13. The van der Waals surface area contributed by atoms with Gasteiger partial charge in [0.05, 0.1) is 17.8 Å². The molecule has 2 bridgehead atoms. The maximum atomic E-state index is 13.4. The Morgan fingerprint density at radius 1 is 1.14 bits per heavy atom. The number of ether oxygens (including phenoxy) is 2. The number of aliphatic hydroxyl groups is 1. The number of hydrogen-bond acceptors (Lipinski definition) is 7. The molecule has 1 heterocycles. The first-order chi connectivity index (χ1) is 16.9. The maximum Gasteiger partial charge on any atom is 0.573 e. The van der Waals surface area contributed by atoms with E-state index >= 15 is 0 Å². The van der Waals surface area contributed by atoms with Crippen molar-refractivity contribution in [3.05, 3.63) is 53.1 Å². The van der Waals surface area contributed by atoms with Crippen LogP contribution in [-0.2, 0) is 4.79 Å². The molecule has 194 valence electrons. The number of carbonyl (C=O) groups excluding carboxylic acids is 2. The van der Waals surface area contributed by atoms with E-state index in [1.165, 1.54) is 12.1 Å². The molecule has 1 aromatic carbocycles. The van der Waals surface area contributed by atoms with Crippen molar-refractivity contribution in [3.63, 3.8) is 0 Å². The zero-order valence-corrected chi connectivity index (χ0v) is 19.3. The van der Waals surface area contributed by atoms with Gasteiger partial charge in [-0.25, -0.2) is 9.37 Å². The topological polar surface area (TPSA) is 122 Å². The second-order valence-electron chi connectivity index (χ2n) is 8.80. The molecule has 3 saturated carbocycles. The highest BCUT2D eigenvalue weighted by atomic mass is 35.5. The van der Waals surface area contributed by atoms with Gasteiger partial charge in [-0.2, -0.15) is 0 Å². The monoisotopic (exact) mass is 532 g/mol. The van der Waals surface area contributed by atoms with Crippen LogP contribution in [0.1, 0.15) is 29.8 Å². The Balaban J connectivity index is 1.15. The number of amides is 2. The van der Waals surface area contributed by atoms with E-state index in [0.29, 0.717) is 19.3 Å². The normalized spacial score (nSPS) is 23.1. The van der Waals surface area contributed by atoms with Crippen LogP contribution in [0.25, 0.3) is 0 Å². The number of aromatic nitrogens is 1. The summed E-state index contributed by atoms with van der Waals surface area (Å²) in [5.74, 6) is -2.09. The first-order valence-electron chi connectivity index (χ1n) is 10.7. The van der Waals surface area contributed by atoms with Crippen LogP contribution in [0.2, 0.25) is 5.02 Å². The average molecular weight is 533 g/mol.